The molecule has 0 aliphatic heterocycles. The first kappa shape index (κ1) is 31.3. The molecule has 8 heteroatoms. The molecule has 0 amide bonds. The number of carboxylic acids is 1. The summed E-state index contributed by atoms with van der Waals surface area (Å²) in [6, 6.07) is 23.1. The van der Waals surface area contributed by atoms with Crippen molar-refractivity contribution in [3.8, 4) is 5.75 Å². The number of rotatable bonds is 13. The molecule has 0 aliphatic rings. The summed E-state index contributed by atoms with van der Waals surface area (Å²) in [5, 5.41) is 9.71. The Kier molecular flexibility index (Phi) is 10.9. The lowest BCUT2D eigenvalue weighted by Crippen LogP contribution is -2.28. The van der Waals surface area contributed by atoms with Gasteiger partial charge in [-0.05, 0) is 56.0 Å². The first-order valence-corrected chi connectivity index (χ1v) is 14.3. The van der Waals surface area contributed by atoms with Crippen molar-refractivity contribution in [2.75, 3.05) is 0 Å². The van der Waals surface area contributed by atoms with E-state index in [1.54, 1.807) is 0 Å². The second kappa shape index (κ2) is 13.9. The van der Waals surface area contributed by atoms with Crippen LogP contribution in [-0.2, 0) is 48.4 Å². The third-order valence-electron chi connectivity index (χ3n) is 5.88. The van der Waals surface area contributed by atoms with Gasteiger partial charge in [0, 0.05) is 11.0 Å². The number of aryl methyl sites for hydroxylation is 1. The minimum Gasteiger partial charge on any atom is -0.481 e. The maximum absolute atomic E-state index is 12.9. The van der Waals surface area contributed by atoms with Gasteiger partial charge in [-0.15, -0.1) is 0 Å². The molecular weight excluding hydrogens is 527 g/mol. The Morgan fingerprint density at radius 1 is 0.825 bits per heavy atom. The third kappa shape index (κ3) is 10.1. The van der Waals surface area contributed by atoms with E-state index in [4.69, 9.17) is 18.3 Å². The van der Waals surface area contributed by atoms with Gasteiger partial charge in [0.25, 0.3) is 0 Å². The molecule has 1 N–H and O–H groups in total. The first-order chi connectivity index (χ1) is 18.8. The molecule has 214 valence electrons. The predicted octanol–water partition coefficient (Wildman–Crippen LogP) is 7.67. The number of carboxylic acid groups (broad SMARTS) is 1. The molecule has 0 radical (unpaired) electrons. The molecule has 3 aromatic rings. The molecular formula is C32H39O7P. The van der Waals surface area contributed by atoms with Crippen LogP contribution in [0.2, 0.25) is 0 Å². The van der Waals surface area contributed by atoms with E-state index < -0.39 is 31.6 Å². The van der Waals surface area contributed by atoms with Crippen LogP contribution >= 0.6 is 8.60 Å². The molecule has 0 saturated carbocycles. The number of benzene rings is 3. The quantitative estimate of drug-likeness (QED) is 0.168. The maximum atomic E-state index is 12.9. The summed E-state index contributed by atoms with van der Waals surface area (Å²) in [5.74, 6) is -0.931. The van der Waals surface area contributed by atoms with Crippen LogP contribution < -0.4 is 4.52 Å². The Labute approximate surface area is 238 Å². The summed E-state index contributed by atoms with van der Waals surface area (Å²) in [7, 11) is -1.90. The molecule has 0 bridgehead atoms. The van der Waals surface area contributed by atoms with Gasteiger partial charge in [0.2, 0.25) is 0 Å². The highest BCUT2D eigenvalue weighted by Crippen LogP contribution is 2.47. The van der Waals surface area contributed by atoms with Gasteiger partial charge in [-0.25, -0.2) is 0 Å². The van der Waals surface area contributed by atoms with Gasteiger partial charge in [-0.1, -0.05) is 80.6 Å². The minimum absolute atomic E-state index is 0.0264. The van der Waals surface area contributed by atoms with Crippen molar-refractivity contribution in [1.82, 2.24) is 0 Å². The van der Waals surface area contributed by atoms with Gasteiger partial charge in [0.1, 0.15) is 11.4 Å². The normalized spacial score (nSPS) is 11.9. The van der Waals surface area contributed by atoms with Crippen molar-refractivity contribution >= 4 is 20.5 Å². The molecule has 0 unspecified atom stereocenters. The van der Waals surface area contributed by atoms with Crippen molar-refractivity contribution in [3.63, 3.8) is 0 Å². The van der Waals surface area contributed by atoms with Crippen molar-refractivity contribution < 1.29 is 33.0 Å². The highest BCUT2D eigenvalue weighted by molar-refractivity contribution is 7.42. The van der Waals surface area contributed by atoms with Gasteiger partial charge in [-0.2, -0.15) is 0 Å². The van der Waals surface area contributed by atoms with E-state index in [1.165, 1.54) is 0 Å². The average molecular weight is 567 g/mol. The van der Waals surface area contributed by atoms with Crippen molar-refractivity contribution in [3.05, 3.63) is 101 Å². The number of carbonyl (C=O) groups excluding carboxylic acids is 1. The Balaban J connectivity index is 1.99. The second-order valence-corrected chi connectivity index (χ2v) is 12.5. The molecule has 0 aromatic heterocycles. The van der Waals surface area contributed by atoms with Gasteiger partial charge in [0.15, 0.2) is 0 Å². The molecule has 0 fully saturated rings. The van der Waals surface area contributed by atoms with Crippen LogP contribution in [0.25, 0.3) is 0 Å². The first-order valence-electron chi connectivity index (χ1n) is 13.2. The van der Waals surface area contributed by atoms with E-state index in [0.29, 0.717) is 16.9 Å². The van der Waals surface area contributed by atoms with E-state index in [9.17, 15) is 14.7 Å². The van der Waals surface area contributed by atoms with E-state index >= 15 is 0 Å². The van der Waals surface area contributed by atoms with Crippen LogP contribution in [0.5, 0.6) is 5.75 Å². The Hall–Kier alpha value is -3.25. The molecule has 0 saturated heterocycles. The lowest BCUT2D eigenvalue weighted by molar-refractivity contribution is -0.153. The molecule has 0 heterocycles. The monoisotopic (exact) mass is 566 g/mol. The average Bonchev–Trinajstić information content (AvgIpc) is 2.84. The van der Waals surface area contributed by atoms with Crippen LogP contribution in [0, 0.1) is 6.92 Å². The molecule has 40 heavy (non-hydrogen) atoms. The Morgan fingerprint density at radius 3 is 1.82 bits per heavy atom. The van der Waals surface area contributed by atoms with Gasteiger partial charge in [0.05, 0.1) is 26.1 Å². The van der Waals surface area contributed by atoms with Gasteiger partial charge in [-0.3, -0.25) is 18.6 Å². The van der Waals surface area contributed by atoms with Crippen molar-refractivity contribution in [2.24, 2.45) is 0 Å². The SMILES string of the molecule is Cc1cc(CC(=O)OC(C)(C)C)c(C(C)(C)CC(=O)O)c(OP(OCc2ccccc2)OCc2ccccc2)c1. The van der Waals surface area contributed by atoms with E-state index in [1.807, 2.05) is 114 Å². The van der Waals surface area contributed by atoms with E-state index in [0.717, 1.165) is 16.7 Å². The molecule has 3 rings (SSSR count). The number of carbonyl (C=O) groups is 2. The zero-order chi connectivity index (χ0) is 29.3. The summed E-state index contributed by atoms with van der Waals surface area (Å²) < 4.78 is 24.3. The summed E-state index contributed by atoms with van der Waals surface area (Å²) in [6.07, 6.45) is -0.192. The van der Waals surface area contributed by atoms with Gasteiger partial charge < -0.3 is 14.4 Å². The highest BCUT2D eigenvalue weighted by atomic mass is 31.2. The van der Waals surface area contributed by atoms with Crippen LogP contribution in [0.1, 0.15) is 68.9 Å². The van der Waals surface area contributed by atoms with Crippen molar-refractivity contribution in [2.45, 2.75) is 78.6 Å². The van der Waals surface area contributed by atoms with E-state index in [2.05, 4.69) is 0 Å². The third-order valence-corrected chi connectivity index (χ3v) is 6.91. The van der Waals surface area contributed by atoms with Crippen molar-refractivity contribution in [1.29, 1.82) is 0 Å². The summed E-state index contributed by atoms with van der Waals surface area (Å²) >= 11 is 0. The van der Waals surface area contributed by atoms with Crippen LogP contribution in [-0.4, -0.2) is 22.6 Å². The molecule has 0 spiro atoms. The molecule has 0 atom stereocenters. The molecule has 7 nitrogen and oxygen atoms in total. The summed E-state index contributed by atoms with van der Waals surface area (Å²) in [4.78, 5) is 24.7. The fourth-order valence-electron chi connectivity index (χ4n) is 4.38. The van der Waals surface area contributed by atoms with E-state index in [-0.39, 0.29) is 26.1 Å². The topological polar surface area (TPSA) is 91.3 Å². The zero-order valence-electron chi connectivity index (χ0n) is 24.1. The summed E-state index contributed by atoms with van der Waals surface area (Å²) in [5.41, 5.74) is 2.52. The minimum atomic E-state index is -1.90. The zero-order valence-corrected chi connectivity index (χ0v) is 25.0. The highest BCUT2D eigenvalue weighted by Gasteiger charge is 2.33. The maximum Gasteiger partial charge on any atom is 0.397 e. The van der Waals surface area contributed by atoms with Crippen LogP contribution in [0.4, 0.5) is 0 Å². The lowest BCUT2D eigenvalue weighted by atomic mass is 9.77. The largest absolute Gasteiger partial charge is 0.481 e. The number of esters is 1. The van der Waals surface area contributed by atoms with Crippen LogP contribution in [0.15, 0.2) is 72.8 Å². The van der Waals surface area contributed by atoms with Gasteiger partial charge >= 0.3 is 20.5 Å². The number of ether oxygens (including phenoxy) is 1. The fourth-order valence-corrected chi connectivity index (χ4v) is 5.37. The smallest absolute Gasteiger partial charge is 0.397 e. The second-order valence-electron chi connectivity index (χ2n) is 11.3. The molecule has 3 aromatic carbocycles. The number of aliphatic carboxylic acids is 1. The Bertz CT molecular complexity index is 1220. The predicted molar refractivity (Wildman–Crippen MR) is 156 cm³/mol. The fraction of sp³-hybridized carbons (Fsp3) is 0.375. The number of hydrogen-bond donors (Lipinski definition) is 1. The molecule has 0 aliphatic carbocycles. The lowest BCUT2D eigenvalue weighted by Gasteiger charge is -2.30. The Morgan fingerprint density at radius 2 is 1.35 bits per heavy atom. The number of hydrogen-bond acceptors (Lipinski definition) is 6. The standard InChI is InChI=1S/C32H39O7P/c1-23-17-26(19-29(35)38-31(2,3)4)30(32(5,6)20-28(33)34)27(18-23)39-40(36-21-24-13-9-7-10-14-24)37-22-25-15-11-8-12-16-25/h7-18H,19-22H2,1-6H3,(H,33,34). The summed E-state index contributed by atoms with van der Waals surface area (Å²) in [6.45, 7) is 11.5. The van der Waals surface area contributed by atoms with Crippen LogP contribution in [0.3, 0.4) is 0 Å².